The molecule has 0 aliphatic heterocycles. The fraction of sp³-hybridized carbons (Fsp3) is 0.778. The quantitative estimate of drug-likeness (QED) is 0.631. The van der Waals surface area contributed by atoms with Gasteiger partial charge in [-0.25, -0.2) is 0 Å². The molecule has 0 unspecified atom stereocenters. The molecule has 1 fully saturated rings. The predicted octanol–water partition coefficient (Wildman–Crippen LogP) is 3.56. The van der Waals surface area contributed by atoms with Crippen molar-refractivity contribution in [3.05, 3.63) is 11.6 Å². The Morgan fingerprint density at radius 1 is 1.11 bits per heavy atom. The van der Waals surface area contributed by atoms with Crippen molar-refractivity contribution in [1.29, 1.82) is 0 Å². The van der Waals surface area contributed by atoms with Crippen LogP contribution in [0.4, 0.5) is 26.3 Å². The van der Waals surface area contributed by atoms with Gasteiger partial charge in [-0.15, -0.1) is 21.8 Å². The molecule has 0 amide bonds. The van der Waals surface area contributed by atoms with Gasteiger partial charge in [-0.3, -0.25) is 0 Å². The van der Waals surface area contributed by atoms with Gasteiger partial charge in [0.1, 0.15) is 5.82 Å². The molecule has 2 rings (SSSR count). The third-order valence-corrected chi connectivity index (χ3v) is 2.98. The van der Waals surface area contributed by atoms with Crippen LogP contribution in [0.5, 0.6) is 0 Å². The highest BCUT2D eigenvalue weighted by molar-refractivity contribution is 6.16. The molecular weight excluding hydrogens is 300 g/mol. The Labute approximate surface area is 108 Å². The van der Waals surface area contributed by atoms with Gasteiger partial charge in [0.05, 0.1) is 5.88 Å². The van der Waals surface area contributed by atoms with Crippen LogP contribution in [-0.2, 0) is 5.88 Å². The van der Waals surface area contributed by atoms with Crippen molar-refractivity contribution in [2.24, 2.45) is 0 Å². The second-order valence-corrected chi connectivity index (χ2v) is 4.49. The van der Waals surface area contributed by atoms with Gasteiger partial charge in [0, 0.05) is 6.04 Å². The predicted molar refractivity (Wildman–Crippen MR) is 52.7 cm³/mol. The lowest BCUT2D eigenvalue weighted by atomic mass is 10.1. The lowest BCUT2D eigenvalue weighted by molar-refractivity contribution is -0.256. The van der Waals surface area contributed by atoms with Crippen molar-refractivity contribution in [3.63, 3.8) is 0 Å². The van der Waals surface area contributed by atoms with Gasteiger partial charge >= 0.3 is 12.4 Å². The average molecular weight is 308 g/mol. The summed E-state index contributed by atoms with van der Waals surface area (Å²) in [6.07, 6.45) is -9.95. The molecule has 1 aromatic rings. The Balaban J connectivity index is 2.51. The molecule has 0 bridgehead atoms. The Bertz CT molecular complexity index is 448. The van der Waals surface area contributed by atoms with Crippen LogP contribution in [0, 0.1) is 0 Å². The fourth-order valence-corrected chi connectivity index (χ4v) is 2.02. The highest BCUT2D eigenvalue weighted by atomic mass is 35.5. The molecule has 3 nitrogen and oxygen atoms in total. The largest absolute Gasteiger partial charge is 0.407 e. The summed E-state index contributed by atoms with van der Waals surface area (Å²) in [5.41, 5.74) is 0. The van der Waals surface area contributed by atoms with E-state index in [2.05, 4.69) is 10.2 Å². The van der Waals surface area contributed by atoms with Crippen LogP contribution in [0.1, 0.15) is 36.5 Å². The summed E-state index contributed by atoms with van der Waals surface area (Å²) in [5, 5.41) is 6.39. The number of halogens is 7. The molecule has 1 aliphatic rings. The van der Waals surface area contributed by atoms with Crippen LogP contribution in [0.15, 0.2) is 0 Å². The van der Waals surface area contributed by atoms with Crippen LogP contribution in [-0.4, -0.2) is 27.1 Å². The second kappa shape index (κ2) is 4.53. The summed E-state index contributed by atoms with van der Waals surface area (Å²) in [6.45, 7) is 0. The van der Waals surface area contributed by atoms with E-state index in [1.54, 1.807) is 0 Å². The molecule has 1 saturated carbocycles. The number of alkyl halides is 7. The molecule has 0 atom stereocenters. The van der Waals surface area contributed by atoms with E-state index in [4.69, 9.17) is 11.6 Å². The Hall–Kier alpha value is -0.990. The van der Waals surface area contributed by atoms with Crippen molar-refractivity contribution in [2.75, 3.05) is 0 Å². The number of hydrogen-bond donors (Lipinski definition) is 0. The standard InChI is InChI=1S/C9H8ClF6N3/c10-3-5-17-18-7(19(5)4-1-2-4)6(8(11,12)13)9(14,15)16/h4,6H,1-3H2. The van der Waals surface area contributed by atoms with Crippen LogP contribution in [0.25, 0.3) is 0 Å². The minimum Gasteiger partial charge on any atom is -0.310 e. The van der Waals surface area contributed by atoms with E-state index in [-0.39, 0.29) is 11.7 Å². The van der Waals surface area contributed by atoms with Crippen LogP contribution in [0.2, 0.25) is 0 Å². The third-order valence-electron chi connectivity index (χ3n) is 2.74. The SMILES string of the molecule is FC(F)(F)C(c1nnc(CCl)n1C1CC1)C(F)(F)F. The van der Waals surface area contributed by atoms with Gasteiger partial charge in [0.2, 0.25) is 5.92 Å². The molecular formula is C9H8ClF6N3. The lowest BCUT2D eigenvalue weighted by Crippen LogP contribution is -2.36. The molecule has 0 saturated heterocycles. The maximum atomic E-state index is 12.6. The molecule has 0 radical (unpaired) electrons. The van der Waals surface area contributed by atoms with Gasteiger partial charge in [-0.1, -0.05) is 0 Å². The monoisotopic (exact) mass is 307 g/mol. The maximum Gasteiger partial charge on any atom is 0.407 e. The lowest BCUT2D eigenvalue weighted by Gasteiger charge is -2.23. The van der Waals surface area contributed by atoms with Gasteiger partial charge in [0.25, 0.3) is 0 Å². The Kier molecular flexibility index (Phi) is 3.44. The minimum atomic E-state index is -5.47. The van der Waals surface area contributed by atoms with E-state index in [0.717, 1.165) is 4.57 Å². The summed E-state index contributed by atoms with van der Waals surface area (Å²) in [4.78, 5) is 0. The molecule has 10 heteroatoms. The van der Waals surface area contributed by atoms with Crippen LogP contribution >= 0.6 is 11.6 Å². The molecule has 1 aromatic heterocycles. The summed E-state index contributed by atoms with van der Waals surface area (Å²) in [6, 6.07) is -0.425. The van der Waals surface area contributed by atoms with Crippen molar-refractivity contribution in [2.45, 2.75) is 43.0 Å². The van der Waals surface area contributed by atoms with Crippen molar-refractivity contribution in [3.8, 4) is 0 Å². The Morgan fingerprint density at radius 3 is 2.00 bits per heavy atom. The maximum absolute atomic E-state index is 12.6. The summed E-state index contributed by atoms with van der Waals surface area (Å²) in [7, 11) is 0. The third kappa shape index (κ3) is 2.80. The molecule has 1 aliphatic carbocycles. The van der Waals surface area contributed by atoms with Crippen molar-refractivity contribution in [1.82, 2.24) is 14.8 Å². The molecule has 0 spiro atoms. The summed E-state index contributed by atoms with van der Waals surface area (Å²) >= 11 is 5.46. The first-order valence-electron chi connectivity index (χ1n) is 5.29. The van der Waals surface area contributed by atoms with E-state index < -0.39 is 30.1 Å². The van der Waals surface area contributed by atoms with Gasteiger partial charge in [-0.05, 0) is 12.8 Å². The minimum absolute atomic E-state index is 0.0716. The van der Waals surface area contributed by atoms with E-state index in [1.165, 1.54) is 0 Å². The van der Waals surface area contributed by atoms with E-state index in [0.29, 0.717) is 12.8 Å². The Morgan fingerprint density at radius 2 is 1.63 bits per heavy atom. The summed E-state index contributed by atoms with van der Waals surface area (Å²) < 4.78 is 76.7. The van der Waals surface area contributed by atoms with Gasteiger partial charge < -0.3 is 4.57 Å². The molecule has 1 heterocycles. The van der Waals surface area contributed by atoms with Crippen molar-refractivity contribution < 1.29 is 26.3 Å². The number of rotatable bonds is 3. The topological polar surface area (TPSA) is 30.7 Å². The normalized spacial score (nSPS) is 17.3. The zero-order chi connectivity index (χ0) is 14.4. The van der Waals surface area contributed by atoms with E-state index >= 15 is 0 Å². The van der Waals surface area contributed by atoms with Crippen LogP contribution in [0.3, 0.4) is 0 Å². The van der Waals surface area contributed by atoms with Crippen molar-refractivity contribution >= 4 is 11.6 Å². The van der Waals surface area contributed by atoms with E-state index in [1.807, 2.05) is 0 Å². The molecule has 0 aromatic carbocycles. The molecule has 0 N–H and O–H groups in total. The number of aromatic nitrogens is 3. The average Bonchev–Trinajstić information content (AvgIpc) is 2.97. The first-order valence-corrected chi connectivity index (χ1v) is 5.82. The molecule has 108 valence electrons. The molecule has 19 heavy (non-hydrogen) atoms. The van der Waals surface area contributed by atoms with E-state index in [9.17, 15) is 26.3 Å². The number of hydrogen-bond acceptors (Lipinski definition) is 2. The van der Waals surface area contributed by atoms with Gasteiger partial charge in [-0.2, -0.15) is 26.3 Å². The zero-order valence-electron chi connectivity index (χ0n) is 9.26. The fourth-order valence-electron chi connectivity index (χ4n) is 1.83. The highest BCUT2D eigenvalue weighted by Gasteiger charge is 2.60. The zero-order valence-corrected chi connectivity index (χ0v) is 10.0. The van der Waals surface area contributed by atoms with Gasteiger partial charge in [0.15, 0.2) is 5.82 Å². The smallest absolute Gasteiger partial charge is 0.310 e. The number of nitrogens with zero attached hydrogens (tertiary/aromatic N) is 3. The highest BCUT2D eigenvalue weighted by Crippen LogP contribution is 2.48. The first-order chi connectivity index (χ1) is 8.66. The van der Waals surface area contributed by atoms with Crippen LogP contribution < -0.4 is 0 Å². The first kappa shape index (κ1) is 14.4. The summed E-state index contributed by atoms with van der Waals surface area (Å²) in [5.74, 6) is -5.12. The second-order valence-electron chi connectivity index (χ2n) is 4.23.